The van der Waals surface area contributed by atoms with Gasteiger partial charge in [-0.3, -0.25) is 9.59 Å². The number of aliphatic hydroxyl groups excluding tert-OH is 9. The quantitative estimate of drug-likeness (QED) is 0.174. The van der Waals surface area contributed by atoms with E-state index in [0.29, 0.717) is 0 Å². The fourth-order valence-electron chi connectivity index (χ4n) is 7.97. The minimum Gasteiger partial charge on any atom is -0.481 e. The molecule has 0 aromatic carbocycles. The molecule has 0 aliphatic carbocycles. The van der Waals surface area contributed by atoms with Gasteiger partial charge in [0.25, 0.3) is 0 Å². The second-order valence-corrected chi connectivity index (χ2v) is 17.6. The summed E-state index contributed by atoms with van der Waals surface area (Å²) in [5, 5.41) is 118. The molecule has 18 nitrogen and oxygen atoms in total. The molecule has 368 valence electrons. The van der Waals surface area contributed by atoms with Crippen LogP contribution in [0.5, 0.6) is 0 Å². The lowest BCUT2D eigenvalue weighted by Gasteiger charge is -2.45. The Kier molecular flexibility index (Phi) is 23.6. The molecule has 0 spiro atoms. The highest BCUT2D eigenvalue weighted by Gasteiger charge is 2.51. The highest BCUT2D eigenvalue weighted by Crippen LogP contribution is 2.38. The Balaban J connectivity index is 1.86. The van der Waals surface area contributed by atoms with Crippen molar-refractivity contribution in [1.82, 2.24) is 0 Å². The number of carbonyl (C=O) groups is 2. The molecule has 0 aromatic rings. The number of cyclic esters (lactones) is 1. The Morgan fingerprint density at radius 1 is 0.662 bits per heavy atom. The standard InChI is InChI=1S/C47H73NO17/c1-27-17-15-13-11-9-7-5-6-8-10-12-14-16-18-34(64-46-44(58)41(48)43(57)30(4)63-46)24-38-40(45(59)60)37(54)26-47(61,65-38)25-33(51)22-36(53)35(52)20-19-31(49)21-32(50)23-39(55)62-29(3)28(2)42(27)56/h5-18,27-38,40-44,46,49-54,56-58,61H,19-26,48H2,1-4H3,(H,59,60)/t27?,28?,29?,30?,31?,32?,33?,34?,35?,36?,37?,38-,40?,41?,42?,43?,44?,46?,47-/m1/s1. The van der Waals surface area contributed by atoms with Crippen LogP contribution in [-0.2, 0) is 28.5 Å². The molecule has 0 saturated carbocycles. The van der Waals surface area contributed by atoms with E-state index in [0.717, 1.165) is 0 Å². The van der Waals surface area contributed by atoms with Crippen LogP contribution in [0.15, 0.2) is 85.1 Å². The summed E-state index contributed by atoms with van der Waals surface area (Å²) in [5.74, 6) is -6.83. The average molecular weight is 924 g/mol. The molecule has 2 fully saturated rings. The molecule has 0 radical (unpaired) electrons. The van der Waals surface area contributed by atoms with Gasteiger partial charge in [-0.15, -0.1) is 0 Å². The Labute approximate surface area is 381 Å². The number of esters is 1. The van der Waals surface area contributed by atoms with E-state index in [-0.39, 0.29) is 31.6 Å². The lowest BCUT2D eigenvalue weighted by Crippen LogP contribution is -2.61. The van der Waals surface area contributed by atoms with E-state index < -0.39 is 147 Å². The fourth-order valence-corrected chi connectivity index (χ4v) is 7.97. The average Bonchev–Trinajstić information content (AvgIpc) is 3.21. The third kappa shape index (κ3) is 18.6. The van der Waals surface area contributed by atoms with Gasteiger partial charge in [0.2, 0.25) is 0 Å². The summed E-state index contributed by atoms with van der Waals surface area (Å²) >= 11 is 0. The maximum atomic E-state index is 12.6. The molecule has 65 heavy (non-hydrogen) atoms. The summed E-state index contributed by atoms with van der Waals surface area (Å²) in [5.41, 5.74) is 6.02. The summed E-state index contributed by atoms with van der Waals surface area (Å²) in [7, 11) is 0. The zero-order chi connectivity index (χ0) is 48.4. The van der Waals surface area contributed by atoms with E-state index in [1.54, 1.807) is 80.7 Å². The lowest BCUT2D eigenvalue weighted by atomic mass is 9.82. The molecule has 3 aliphatic heterocycles. The first-order chi connectivity index (χ1) is 30.6. The Morgan fingerprint density at radius 2 is 1.23 bits per heavy atom. The van der Waals surface area contributed by atoms with Gasteiger partial charge in [-0.1, -0.05) is 98.9 Å². The molecule has 3 heterocycles. The number of hydrogen-bond donors (Lipinski definition) is 12. The van der Waals surface area contributed by atoms with Gasteiger partial charge in [-0.2, -0.15) is 0 Å². The van der Waals surface area contributed by atoms with E-state index in [1.165, 1.54) is 13.0 Å². The summed E-state index contributed by atoms with van der Waals surface area (Å²) in [6.07, 6.45) is 3.46. The third-order valence-corrected chi connectivity index (χ3v) is 12.0. The van der Waals surface area contributed by atoms with Crippen molar-refractivity contribution in [2.75, 3.05) is 0 Å². The zero-order valence-corrected chi connectivity index (χ0v) is 37.6. The molecule has 2 saturated heterocycles. The van der Waals surface area contributed by atoms with Crippen molar-refractivity contribution in [3.05, 3.63) is 85.1 Å². The molecule has 13 N–H and O–H groups in total. The number of fused-ring (bicyclic) bond motifs is 2. The van der Waals surface area contributed by atoms with Crippen molar-refractivity contribution in [3.8, 4) is 0 Å². The Morgan fingerprint density at radius 3 is 1.82 bits per heavy atom. The molecule has 3 rings (SSSR count). The normalized spacial score (nSPS) is 42.0. The molecule has 3 aliphatic rings. The number of hydrogen-bond acceptors (Lipinski definition) is 17. The number of allylic oxidation sites excluding steroid dienone is 12. The van der Waals surface area contributed by atoms with Crippen LogP contribution in [0.2, 0.25) is 0 Å². The summed E-state index contributed by atoms with van der Waals surface area (Å²) in [6, 6.07) is -1.15. The first kappa shape index (κ1) is 55.9. The highest BCUT2D eigenvalue weighted by atomic mass is 16.7. The SMILES string of the molecule is CC1C=CC=CC=CC=CC=CC=CC=CC(OC2OC(C)C(O)C(N)C2O)C[C@H]2O[C@](O)(CC(O)CC(O)C(O)CCC(O)CC(O)CC(=O)OC(C)C(C)C1O)CC(O)C2C(=O)O. The number of aliphatic hydroxyl groups is 10. The minimum absolute atomic E-state index is 0.107. The largest absolute Gasteiger partial charge is 0.481 e. The molecule has 19 atom stereocenters. The van der Waals surface area contributed by atoms with Gasteiger partial charge in [0, 0.05) is 37.5 Å². The summed E-state index contributed by atoms with van der Waals surface area (Å²) in [6.45, 7) is 6.74. The highest BCUT2D eigenvalue weighted by molar-refractivity contribution is 5.71. The van der Waals surface area contributed by atoms with Crippen LogP contribution in [0, 0.1) is 17.8 Å². The number of carboxylic acids is 1. The molecule has 0 amide bonds. The smallest absolute Gasteiger partial charge is 0.311 e. The third-order valence-electron chi connectivity index (χ3n) is 12.0. The van der Waals surface area contributed by atoms with Crippen LogP contribution < -0.4 is 5.73 Å². The van der Waals surface area contributed by atoms with Gasteiger partial charge in [0.05, 0.1) is 79.6 Å². The Bertz CT molecular complexity index is 1670. The number of ether oxygens (including phenoxy) is 4. The predicted octanol–water partition coefficient (Wildman–Crippen LogP) is 0.712. The van der Waals surface area contributed by atoms with Crippen molar-refractivity contribution in [2.45, 2.75) is 177 Å². The number of rotatable bonds is 3. The van der Waals surface area contributed by atoms with Crippen molar-refractivity contribution >= 4 is 11.9 Å². The van der Waals surface area contributed by atoms with E-state index in [4.69, 9.17) is 24.7 Å². The number of nitrogens with two attached hydrogens (primary N) is 1. The zero-order valence-electron chi connectivity index (χ0n) is 37.6. The van der Waals surface area contributed by atoms with Crippen LogP contribution in [-0.4, -0.2) is 166 Å². The summed E-state index contributed by atoms with van der Waals surface area (Å²) < 4.78 is 23.1. The molecule has 17 unspecified atom stereocenters. The lowest BCUT2D eigenvalue weighted by molar-refractivity contribution is -0.308. The first-order valence-corrected chi connectivity index (χ1v) is 22.3. The second kappa shape index (κ2) is 27.4. The molecule has 18 heteroatoms. The van der Waals surface area contributed by atoms with Crippen LogP contribution in [0.25, 0.3) is 0 Å². The van der Waals surface area contributed by atoms with Crippen molar-refractivity contribution < 1.29 is 84.7 Å². The van der Waals surface area contributed by atoms with E-state index in [1.807, 2.05) is 19.1 Å². The van der Waals surface area contributed by atoms with Crippen LogP contribution in [0.1, 0.15) is 79.1 Å². The van der Waals surface area contributed by atoms with Crippen LogP contribution in [0.3, 0.4) is 0 Å². The number of aliphatic carboxylic acids is 1. The number of carbonyl (C=O) groups excluding carboxylic acids is 1. The van der Waals surface area contributed by atoms with Gasteiger partial charge in [0.1, 0.15) is 18.1 Å². The molecular weight excluding hydrogens is 851 g/mol. The van der Waals surface area contributed by atoms with E-state index in [9.17, 15) is 65.8 Å². The molecule has 0 aromatic heterocycles. The van der Waals surface area contributed by atoms with Crippen molar-refractivity contribution in [3.63, 3.8) is 0 Å². The Hall–Kier alpha value is -3.44. The molecule has 2 bridgehead atoms. The molecular formula is C47H73NO17. The predicted molar refractivity (Wildman–Crippen MR) is 237 cm³/mol. The topological polar surface area (TPSA) is 320 Å². The van der Waals surface area contributed by atoms with E-state index >= 15 is 0 Å². The van der Waals surface area contributed by atoms with Crippen LogP contribution >= 0.6 is 0 Å². The van der Waals surface area contributed by atoms with Gasteiger partial charge >= 0.3 is 11.9 Å². The van der Waals surface area contributed by atoms with Crippen LogP contribution in [0.4, 0.5) is 0 Å². The van der Waals surface area contributed by atoms with E-state index in [2.05, 4.69) is 0 Å². The van der Waals surface area contributed by atoms with Gasteiger partial charge < -0.3 is 80.9 Å². The van der Waals surface area contributed by atoms with Gasteiger partial charge in [-0.25, -0.2) is 0 Å². The van der Waals surface area contributed by atoms with Gasteiger partial charge in [0.15, 0.2) is 12.1 Å². The number of carboxylic acid groups (broad SMARTS) is 1. The maximum Gasteiger partial charge on any atom is 0.311 e. The fraction of sp³-hybridized carbons (Fsp3) is 0.660. The van der Waals surface area contributed by atoms with Crippen molar-refractivity contribution in [1.29, 1.82) is 0 Å². The first-order valence-electron chi connectivity index (χ1n) is 22.3. The monoisotopic (exact) mass is 923 g/mol. The summed E-state index contributed by atoms with van der Waals surface area (Å²) in [4.78, 5) is 25.1. The maximum absolute atomic E-state index is 12.6. The van der Waals surface area contributed by atoms with Gasteiger partial charge in [-0.05, 0) is 33.1 Å². The minimum atomic E-state index is -2.33. The second-order valence-electron chi connectivity index (χ2n) is 17.6. The van der Waals surface area contributed by atoms with Crippen molar-refractivity contribution in [2.24, 2.45) is 23.5 Å².